The van der Waals surface area contributed by atoms with Crippen molar-refractivity contribution in [1.29, 1.82) is 0 Å². The first kappa shape index (κ1) is 13.0. The first-order valence-electron chi connectivity index (χ1n) is 7.80. The van der Waals surface area contributed by atoms with Gasteiger partial charge >= 0.3 is 0 Å². The van der Waals surface area contributed by atoms with Gasteiger partial charge in [0.25, 0.3) is 0 Å². The molecule has 0 radical (unpaired) electrons. The van der Waals surface area contributed by atoms with E-state index in [9.17, 15) is 0 Å². The highest BCUT2D eigenvalue weighted by molar-refractivity contribution is 5.51. The van der Waals surface area contributed by atoms with Crippen molar-refractivity contribution < 1.29 is 0 Å². The van der Waals surface area contributed by atoms with Crippen LogP contribution in [0.4, 0.5) is 5.69 Å². The van der Waals surface area contributed by atoms with Crippen molar-refractivity contribution in [2.75, 3.05) is 11.9 Å². The molecule has 2 heteroatoms. The molecule has 0 bridgehead atoms. The van der Waals surface area contributed by atoms with Crippen molar-refractivity contribution in [2.24, 2.45) is 0 Å². The van der Waals surface area contributed by atoms with Gasteiger partial charge in [0.05, 0.1) is 0 Å². The van der Waals surface area contributed by atoms with Crippen molar-refractivity contribution in [3.63, 3.8) is 0 Å². The van der Waals surface area contributed by atoms with Crippen LogP contribution < -0.4 is 10.2 Å². The zero-order chi connectivity index (χ0) is 13.2. The maximum Gasteiger partial charge on any atom is 0.0368 e. The van der Waals surface area contributed by atoms with Gasteiger partial charge in [0.2, 0.25) is 0 Å². The standard InChI is InChI=1S/C17H26N2/c1-13-11-17(19(2)16-5-3-4-6-16)10-7-14(13)12-18-15-8-9-15/h7,10-11,15-16,18H,3-6,8-9,12H2,1-2H3. The lowest BCUT2D eigenvalue weighted by Crippen LogP contribution is -2.28. The summed E-state index contributed by atoms with van der Waals surface area (Å²) in [5.74, 6) is 0. The lowest BCUT2D eigenvalue weighted by Gasteiger charge is -2.27. The zero-order valence-corrected chi connectivity index (χ0v) is 12.3. The van der Waals surface area contributed by atoms with Crippen molar-refractivity contribution in [2.45, 2.75) is 64.1 Å². The van der Waals surface area contributed by atoms with Gasteiger partial charge in [-0.2, -0.15) is 0 Å². The molecule has 19 heavy (non-hydrogen) atoms. The van der Waals surface area contributed by atoms with E-state index in [0.717, 1.165) is 18.6 Å². The molecule has 2 aliphatic carbocycles. The average molecular weight is 258 g/mol. The highest BCUT2D eigenvalue weighted by Crippen LogP contribution is 2.28. The molecule has 0 atom stereocenters. The molecule has 2 aliphatic rings. The van der Waals surface area contributed by atoms with Crippen molar-refractivity contribution in [3.8, 4) is 0 Å². The Morgan fingerprint density at radius 2 is 1.89 bits per heavy atom. The number of rotatable bonds is 5. The van der Waals surface area contributed by atoms with Gasteiger partial charge in [-0.15, -0.1) is 0 Å². The molecule has 1 aromatic rings. The minimum atomic E-state index is 0.759. The van der Waals surface area contributed by atoms with Crippen LogP contribution in [0.2, 0.25) is 0 Å². The zero-order valence-electron chi connectivity index (χ0n) is 12.3. The lowest BCUT2D eigenvalue weighted by atomic mass is 10.1. The molecule has 2 nitrogen and oxygen atoms in total. The number of benzene rings is 1. The molecular formula is C17H26N2. The highest BCUT2D eigenvalue weighted by atomic mass is 15.1. The van der Waals surface area contributed by atoms with Gasteiger partial charge in [0.15, 0.2) is 0 Å². The molecule has 1 N–H and O–H groups in total. The Bertz CT molecular complexity index is 431. The average Bonchev–Trinajstić information content (AvgIpc) is 3.08. The summed E-state index contributed by atoms with van der Waals surface area (Å²) in [6.45, 7) is 3.28. The van der Waals surface area contributed by atoms with Crippen LogP contribution in [-0.2, 0) is 6.54 Å². The van der Waals surface area contributed by atoms with Crippen LogP contribution in [0.1, 0.15) is 49.7 Å². The summed E-state index contributed by atoms with van der Waals surface area (Å²) in [6.07, 6.45) is 8.25. The van der Waals surface area contributed by atoms with Crippen molar-refractivity contribution in [3.05, 3.63) is 29.3 Å². The summed E-state index contributed by atoms with van der Waals surface area (Å²) in [5.41, 5.74) is 4.27. The molecule has 0 aromatic heterocycles. The number of hydrogen-bond donors (Lipinski definition) is 1. The van der Waals surface area contributed by atoms with Crippen molar-refractivity contribution >= 4 is 5.69 Å². The van der Waals surface area contributed by atoms with E-state index in [4.69, 9.17) is 0 Å². The second-order valence-corrected chi connectivity index (χ2v) is 6.32. The summed E-state index contributed by atoms with van der Waals surface area (Å²) in [7, 11) is 2.26. The number of nitrogens with zero attached hydrogens (tertiary/aromatic N) is 1. The molecule has 0 aliphatic heterocycles. The van der Waals surface area contributed by atoms with Crippen LogP contribution in [0, 0.1) is 6.92 Å². The van der Waals surface area contributed by atoms with E-state index < -0.39 is 0 Å². The Kier molecular flexibility index (Phi) is 3.79. The largest absolute Gasteiger partial charge is 0.372 e. The van der Waals surface area contributed by atoms with Gasteiger partial charge in [-0.1, -0.05) is 18.9 Å². The van der Waals surface area contributed by atoms with Gasteiger partial charge in [-0.25, -0.2) is 0 Å². The smallest absolute Gasteiger partial charge is 0.0368 e. The molecule has 0 saturated heterocycles. The second-order valence-electron chi connectivity index (χ2n) is 6.32. The molecule has 2 saturated carbocycles. The topological polar surface area (TPSA) is 15.3 Å². The molecule has 1 aromatic carbocycles. The third-order valence-corrected chi connectivity index (χ3v) is 4.76. The highest BCUT2D eigenvalue weighted by Gasteiger charge is 2.21. The Morgan fingerprint density at radius 1 is 1.16 bits per heavy atom. The molecule has 0 amide bonds. The third kappa shape index (κ3) is 3.11. The fourth-order valence-electron chi connectivity index (χ4n) is 3.14. The monoisotopic (exact) mass is 258 g/mol. The fraction of sp³-hybridized carbons (Fsp3) is 0.647. The predicted octanol–water partition coefficient (Wildman–Crippen LogP) is 3.63. The van der Waals surface area contributed by atoms with Crippen LogP contribution in [0.25, 0.3) is 0 Å². The van der Waals surface area contributed by atoms with E-state index in [-0.39, 0.29) is 0 Å². The van der Waals surface area contributed by atoms with Crippen LogP contribution in [0.5, 0.6) is 0 Å². The third-order valence-electron chi connectivity index (χ3n) is 4.76. The van der Waals surface area contributed by atoms with Crippen LogP contribution in [0.3, 0.4) is 0 Å². The normalized spacial score (nSPS) is 19.9. The van der Waals surface area contributed by atoms with Crippen LogP contribution >= 0.6 is 0 Å². The molecule has 0 unspecified atom stereocenters. The summed E-state index contributed by atoms with van der Waals surface area (Å²) in [4.78, 5) is 2.48. The molecule has 0 heterocycles. The molecule has 2 fully saturated rings. The maximum absolute atomic E-state index is 3.60. The van der Waals surface area contributed by atoms with E-state index in [2.05, 4.69) is 42.4 Å². The number of anilines is 1. The second kappa shape index (κ2) is 5.54. The maximum atomic E-state index is 3.60. The van der Waals surface area contributed by atoms with Gasteiger partial charge in [-0.05, 0) is 55.9 Å². The number of hydrogen-bond acceptors (Lipinski definition) is 2. The van der Waals surface area contributed by atoms with Gasteiger partial charge < -0.3 is 10.2 Å². The van der Waals surface area contributed by atoms with Gasteiger partial charge in [-0.3, -0.25) is 0 Å². The summed E-state index contributed by atoms with van der Waals surface area (Å²) in [5, 5.41) is 3.60. The Balaban J connectivity index is 1.66. The minimum Gasteiger partial charge on any atom is -0.372 e. The van der Waals surface area contributed by atoms with Gasteiger partial charge in [0, 0.05) is 31.4 Å². The van der Waals surface area contributed by atoms with Gasteiger partial charge in [0.1, 0.15) is 0 Å². The van der Waals surface area contributed by atoms with Crippen LogP contribution in [0.15, 0.2) is 18.2 Å². The lowest BCUT2D eigenvalue weighted by molar-refractivity contribution is 0.652. The minimum absolute atomic E-state index is 0.759. The predicted molar refractivity (Wildman–Crippen MR) is 81.7 cm³/mol. The Labute approximate surface area is 117 Å². The summed E-state index contributed by atoms with van der Waals surface area (Å²) >= 11 is 0. The molecule has 0 spiro atoms. The molecule has 104 valence electrons. The van der Waals surface area contributed by atoms with E-state index in [1.807, 2.05) is 0 Å². The Morgan fingerprint density at radius 3 is 2.53 bits per heavy atom. The quantitative estimate of drug-likeness (QED) is 0.867. The van der Waals surface area contributed by atoms with E-state index in [1.54, 1.807) is 0 Å². The van der Waals surface area contributed by atoms with E-state index in [1.165, 1.54) is 55.3 Å². The van der Waals surface area contributed by atoms with E-state index >= 15 is 0 Å². The summed E-state index contributed by atoms with van der Waals surface area (Å²) < 4.78 is 0. The summed E-state index contributed by atoms with van der Waals surface area (Å²) in [6, 6.07) is 8.53. The molecule has 3 rings (SSSR count). The number of aryl methyl sites for hydroxylation is 1. The van der Waals surface area contributed by atoms with E-state index in [0.29, 0.717) is 0 Å². The first-order valence-corrected chi connectivity index (χ1v) is 7.80. The SMILES string of the molecule is Cc1cc(N(C)C2CCCC2)ccc1CNC1CC1. The van der Waals surface area contributed by atoms with Crippen molar-refractivity contribution in [1.82, 2.24) is 5.32 Å². The van der Waals surface area contributed by atoms with Crippen LogP contribution in [-0.4, -0.2) is 19.1 Å². The fourth-order valence-corrected chi connectivity index (χ4v) is 3.14. The number of nitrogens with one attached hydrogen (secondary N) is 1. The first-order chi connectivity index (χ1) is 9.24. The molecular weight excluding hydrogens is 232 g/mol. The Hall–Kier alpha value is -1.02.